The Hall–Kier alpha value is -3.83. The normalized spacial score (nSPS) is 18.1. The van der Waals surface area contributed by atoms with E-state index < -0.39 is 46.4 Å². The fourth-order valence-electron chi connectivity index (χ4n) is 4.58. The van der Waals surface area contributed by atoms with E-state index in [1.54, 1.807) is 32.0 Å². The van der Waals surface area contributed by atoms with Crippen LogP contribution >= 0.6 is 0 Å². The number of alkyl halides is 6. The van der Waals surface area contributed by atoms with Crippen LogP contribution in [0.2, 0.25) is 0 Å². The van der Waals surface area contributed by atoms with Crippen molar-refractivity contribution in [3.05, 3.63) is 76.9 Å². The average Bonchev–Trinajstić information content (AvgIpc) is 3.45. The van der Waals surface area contributed by atoms with Gasteiger partial charge in [-0.25, -0.2) is 4.98 Å². The Morgan fingerprint density at radius 1 is 1.03 bits per heavy atom. The summed E-state index contributed by atoms with van der Waals surface area (Å²) in [4.78, 5) is 34.4. The van der Waals surface area contributed by atoms with E-state index in [4.69, 9.17) is 0 Å². The number of hydrogen-bond acceptors (Lipinski definition) is 3. The number of aryl methyl sites for hydroxylation is 2. The van der Waals surface area contributed by atoms with Crippen LogP contribution in [0.3, 0.4) is 0 Å². The molecule has 0 aliphatic carbocycles. The summed E-state index contributed by atoms with van der Waals surface area (Å²) in [6, 6.07) is 5.89. The van der Waals surface area contributed by atoms with E-state index in [0.717, 1.165) is 4.90 Å². The molecule has 12 heteroatoms. The van der Waals surface area contributed by atoms with Gasteiger partial charge in [-0.3, -0.25) is 14.5 Å². The van der Waals surface area contributed by atoms with Gasteiger partial charge in [0.25, 0.3) is 0 Å². The zero-order chi connectivity index (χ0) is 27.2. The van der Waals surface area contributed by atoms with Gasteiger partial charge in [0.05, 0.1) is 27.9 Å². The van der Waals surface area contributed by atoms with Gasteiger partial charge in [0.2, 0.25) is 11.8 Å². The van der Waals surface area contributed by atoms with Gasteiger partial charge in [-0.15, -0.1) is 0 Å². The summed E-state index contributed by atoms with van der Waals surface area (Å²) in [6.45, 7) is 3.02. The number of nitrogens with one attached hydrogen (secondary N) is 2. The number of anilines is 2. The third-order valence-electron chi connectivity index (χ3n) is 6.33. The number of carbonyl (C=O) groups excluding carboxylic acids is 2. The van der Waals surface area contributed by atoms with Gasteiger partial charge in [0, 0.05) is 31.8 Å². The molecule has 2 heterocycles. The molecule has 1 aromatic heterocycles. The van der Waals surface area contributed by atoms with Gasteiger partial charge in [0.1, 0.15) is 5.82 Å². The van der Waals surface area contributed by atoms with Gasteiger partial charge in [-0.1, -0.05) is 18.2 Å². The number of aromatic nitrogens is 2. The van der Waals surface area contributed by atoms with Crippen LogP contribution in [0.25, 0.3) is 0 Å². The number of halogens is 6. The van der Waals surface area contributed by atoms with E-state index in [1.807, 2.05) is 0 Å². The standard InChI is InChI=1S/C25H22F6N4O2/c1-14-4-3-5-15(2)21(14)35(18-9-16(24(26,27)28)8-17(10-18)25(29,30)31)22(37)23(12-20(36)34-13-23)11-19-32-6-7-33-19/h3-10H,11-13H2,1-2H3,(H,32,33)(H,34,36). The Labute approximate surface area is 207 Å². The molecule has 2 amide bonds. The number of H-pyrrole nitrogens is 1. The van der Waals surface area contributed by atoms with Crippen molar-refractivity contribution in [3.63, 3.8) is 0 Å². The molecule has 0 spiro atoms. The molecule has 0 saturated carbocycles. The van der Waals surface area contributed by atoms with Crippen LogP contribution in [-0.4, -0.2) is 28.3 Å². The molecule has 3 aromatic rings. The van der Waals surface area contributed by atoms with Crippen LogP contribution in [0.15, 0.2) is 48.8 Å². The van der Waals surface area contributed by atoms with Crippen LogP contribution in [0.4, 0.5) is 37.7 Å². The zero-order valence-corrected chi connectivity index (χ0v) is 19.7. The number of amides is 2. The highest BCUT2D eigenvalue weighted by molar-refractivity contribution is 6.08. The predicted molar refractivity (Wildman–Crippen MR) is 122 cm³/mol. The SMILES string of the molecule is Cc1cccc(C)c1N(C(=O)C1(Cc2ncc[nH]2)CNC(=O)C1)c1cc(C(F)(F)F)cc(C(F)(F)F)c1. The van der Waals surface area contributed by atoms with Gasteiger partial charge < -0.3 is 10.3 Å². The lowest BCUT2D eigenvalue weighted by atomic mass is 9.80. The smallest absolute Gasteiger partial charge is 0.355 e. The van der Waals surface area contributed by atoms with Gasteiger partial charge in [-0.2, -0.15) is 26.3 Å². The van der Waals surface area contributed by atoms with Crippen molar-refractivity contribution in [2.75, 3.05) is 11.4 Å². The summed E-state index contributed by atoms with van der Waals surface area (Å²) in [6.07, 6.45) is -7.69. The molecular weight excluding hydrogens is 502 g/mol. The van der Waals surface area contributed by atoms with E-state index in [0.29, 0.717) is 29.1 Å². The van der Waals surface area contributed by atoms with Crippen molar-refractivity contribution in [1.29, 1.82) is 0 Å². The number of benzene rings is 2. The van der Waals surface area contributed by atoms with Crippen LogP contribution in [-0.2, 0) is 28.4 Å². The molecular formula is C25H22F6N4O2. The van der Waals surface area contributed by atoms with E-state index >= 15 is 0 Å². The van der Waals surface area contributed by atoms with Crippen molar-refractivity contribution in [1.82, 2.24) is 15.3 Å². The van der Waals surface area contributed by atoms with Crippen molar-refractivity contribution in [3.8, 4) is 0 Å². The van der Waals surface area contributed by atoms with Crippen molar-refractivity contribution < 1.29 is 35.9 Å². The van der Waals surface area contributed by atoms with Gasteiger partial charge in [-0.05, 0) is 43.2 Å². The Kier molecular flexibility index (Phi) is 6.55. The molecule has 6 nitrogen and oxygen atoms in total. The maximum Gasteiger partial charge on any atom is 0.416 e. The molecule has 1 atom stereocenters. The number of hydrogen-bond donors (Lipinski definition) is 2. The Morgan fingerprint density at radius 2 is 1.62 bits per heavy atom. The third-order valence-corrected chi connectivity index (χ3v) is 6.33. The molecule has 2 aromatic carbocycles. The lowest BCUT2D eigenvalue weighted by molar-refractivity contribution is -0.143. The maximum atomic E-state index is 14.3. The second kappa shape index (κ2) is 9.24. The molecule has 37 heavy (non-hydrogen) atoms. The Balaban J connectivity index is 1.98. The van der Waals surface area contributed by atoms with Crippen molar-refractivity contribution in [2.45, 2.75) is 39.0 Å². The Morgan fingerprint density at radius 3 is 2.08 bits per heavy atom. The van der Waals surface area contributed by atoms with Crippen LogP contribution < -0.4 is 10.2 Å². The van der Waals surface area contributed by atoms with Crippen molar-refractivity contribution >= 4 is 23.2 Å². The summed E-state index contributed by atoms with van der Waals surface area (Å²) < 4.78 is 82.2. The second-order valence-corrected chi connectivity index (χ2v) is 9.09. The Bertz CT molecular complexity index is 1280. The first kappa shape index (κ1) is 26.2. The number of para-hydroxylation sites is 1. The summed E-state index contributed by atoms with van der Waals surface area (Å²) in [7, 11) is 0. The van der Waals surface area contributed by atoms with E-state index in [2.05, 4.69) is 15.3 Å². The summed E-state index contributed by atoms with van der Waals surface area (Å²) in [5, 5.41) is 2.57. The summed E-state index contributed by atoms with van der Waals surface area (Å²) in [5.41, 5.74) is -4.20. The highest BCUT2D eigenvalue weighted by Crippen LogP contribution is 2.44. The quantitative estimate of drug-likeness (QED) is 0.434. The van der Waals surface area contributed by atoms with Gasteiger partial charge >= 0.3 is 12.4 Å². The van der Waals surface area contributed by atoms with Crippen molar-refractivity contribution in [2.24, 2.45) is 5.41 Å². The van der Waals surface area contributed by atoms with Crippen LogP contribution in [0, 0.1) is 19.3 Å². The molecule has 4 rings (SSSR count). The molecule has 1 aliphatic rings. The summed E-state index contributed by atoms with van der Waals surface area (Å²) >= 11 is 0. The molecule has 1 aliphatic heterocycles. The van der Waals surface area contributed by atoms with Gasteiger partial charge in [0.15, 0.2) is 0 Å². The molecule has 1 saturated heterocycles. The number of imidazole rings is 1. The molecule has 1 fully saturated rings. The molecule has 196 valence electrons. The monoisotopic (exact) mass is 524 g/mol. The lowest BCUT2D eigenvalue weighted by Gasteiger charge is -2.35. The number of carbonyl (C=O) groups is 2. The minimum absolute atomic E-state index is 0.0101. The van der Waals surface area contributed by atoms with Crippen LogP contribution in [0.1, 0.15) is 34.5 Å². The first-order chi connectivity index (χ1) is 17.2. The zero-order valence-electron chi connectivity index (χ0n) is 19.7. The first-order valence-electron chi connectivity index (χ1n) is 11.2. The molecule has 0 radical (unpaired) electrons. The number of nitrogens with zero attached hydrogens (tertiary/aromatic N) is 2. The highest BCUT2D eigenvalue weighted by atomic mass is 19.4. The summed E-state index contributed by atoms with van der Waals surface area (Å²) in [5.74, 6) is -0.959. The number of aromatic amines is 1. The third kappa shape index (κ3) is 5.18. The molecule has 1 unspecified atom stereocenters. The van der Waals surface area contributed by atoms with E-state index in [-0.39, 0.29) is 31.1 Å². The van der Waals surface area contributed by atoms with E-state index in [9.17, 15) is 35.9 Å². The van der Waals surface area contributed by atoms with Crippen LogP contribution in [0.5, 0.6) is 0 Å². The average molecular weight is 524 g/mol. The molecule has 0 bridgehead atoms. The first-order valence-corrected chi connectivity index (χ1v) is 11.2. The maximum absolute atomic E-state index is 14.3. The predicted octanol–water partition coefficient (Wildman–Crippen LogP) is 5.48. The minimum Gasteiger partial charge on any atom is -0.355 e. The number of rotatable bonds is 5. The lowest BCUT2D eigenvalue weighted by Crippen LogP contribution is -2.45. The largest absolute Gasteiger partial charge is 0.416 e. The highest BCUT2D eigenvalue weighted by Gasteiger charge is 2.49. The fourth-order valence-corrected chi connectivity index (χ4v) is 4.58. The second-order valence-electron chi connectivity index (χ2n) is 9.09. The topological polar surface area (TPSA) is 78.1 Å². The fraction of sp³-hybridized carbons (Fsp3) is 0.320. The molecule has 2 N–H and O–H groups in total. The van der Waals surface area contributed by atoms with E-state index in [1.165, 1.54) is 12.4 Å². The minimum atomic E-state index is -5.11.